The molecule has 0 spiro atoms. The van der Waals surface area contributed by atoms with Crippen LogP contribution in [0.2, 0.25) is 0 Å². The van der Waals surface area contributed by atoms with Crippen LogP contribution in [0.4, 0.5) is 0 Å². The second-order valence-corrected chi connectivity index (χ2v) is 6.12. The molecule has 0 bridgehead atoms. The van der Waals surface area contributed by atoms with Gasteiger partial charge in [0.25, 0.3) is 0 Å². The first-order valence-corrected chi connectivity index (χ1v) is 8.42. The van der Waals surface area contributed by atoms with Gasteiger partial charge in [0.15, 0.2) is 0 Å². The normalized spacial score (nSPS) is 11.0. The topological polar surface area (TPSA) is 56.1 Å². The van der Waals surface area contributed by atoms with Crippen molar-refractivity contribution in [3.05, 3.63) is 65.5 Å². The summed E-state index contributed by atoms with van der Waals surface area (Å²) in [5.41, 5.74) is 4.58. The van der Waals surface area contributed by atoms with Crippen molar-refractivity contribution in [3.63, 3.8) is 0 Å². The van der Waals surface area contributed by atoms with Gasteiger partial charge < -0.3 is 14.6 Å². The highest BCUT2D eigenvalue weighted by Crippen LogP contribution is 2.18. The van der Waals surface area contributed by atoms with E-state index in [4.69, 9.17) is 9.72 Å². The summed E-state index contributed by atoms with van der Waals surface area (Å²) in [6.45, 7) is 3.49. The van der Waals surface area contributed by atoms with Gasteiger partial charge in [-0.3, -0.25) is 4.79 Å². The van der Waals surface area contributed by atoms with Crippen LogP contribution >= 0.6 is 0 Å². The second kappa shape index (κ2) is 7.94. The van der Waals surface area contributed by atoms with Gasteiger partial charge in [-0.05, 0) is 24.6 Å². The number of carbonyl (C=O) groups is 1. The smallest absolute Gasteiger partial charge is 0.245 e. The Morgan fingerprint density at radius 2 is 2.04 bits per heavy atom. The lowest BCUT2D eigenvalue weighted by Crippen LogP contribution is -2.29. The molecule has 0 fully saturated rings. The molecule has 1 heterocycles. The van der Waals surface area contributed by atoms with Gasteiger partial charge in [0.1, 0.15) is 12.4 Å². The third-order valence-electron chi connectivity index (χ3n) is 4.10. The minimum atomic E-state index is -0.108. The molecule has 3 aromatic rings. The molecule has 5 nitrogen and oxygen atoms in total. The molecule has 1 N–H and O–H groups in total. The number of rotatable bonds is 7. The minimum Gasteiger partial charge on any atom is -0.375 e. The largest absolute Gasteiger partial charge is 0.375 e. The van der Waals surface area contributed by atoms with Crippen molar-refractivity contribution in [2.45, 2.75) is 19.9 Å². The van der Waals surface area contributed by atoms with Crippen molar-refractivity contribution in [2.24, 2.45) is 0 Å². The molecular formula is C20H23N3O2. The standard InChI is InChI=1S/C20H23N3O2/c1-15-6-5-7-16(12-15)13-23-18-9-4-3-8-17(18)22-19(23)10-11-21-20(24)14-25-2/h3-9,12H,10-11,13-14H2,1-2H3,(H,21,24). The van der Waals surface area contributed by atoms with E-state index in [0.29, 0.717) is 13.0 Å². The summed E-state index contributed by atoms with van der Waals surface area (Å²) >= 11 is 0. The summed E-state index contributed by atoms with van der Waals surface area (Å²) in [5.74, 6) is 0.865. The number of hydrogen-bond donors (Lipinski definition) is 1. The molecule has 0 aliphatic heterocycles. The molecule has 0 aliphatic rings. The molecule has 130 valence electrons. The molecule has 5 heteroatoms. The van der Waals surface area contributed by atoms with Crippen molar-refractivity contribution < 1.29 is 9.53 Å². The van der Waals surface area contributed by atoms with Gasteiger partial charge in [0.2, 0.25) is 5.91 Å². The van der Waals surface area contributed by atoms with Crippen molar-refractivity contribution in [1.82, 2.24) is 14.9 Å². The molecule has 0 aliphatic carbocycles. The number of carbonyl (C=O) groups excluding carboxylic acids is 1. The predicted molar refractivity (Wildman–Crippen MR) is 98.6 cm³/mol. The van der Waals surface area contributed by atoms with Gasteiger partial charge in [0.05, 0.1) is 11.0 Å². The zero-order valence-corrected chi connectivity index (χ0v) is 14.7. The molecule has 3 rings (SSSR count). The number of benzene rings is 2. The van der Waals surface area contributed by atoms with E-state index < -0.39 is 0 Å². The van der Waals surface area contributed by atoms with Crippen LogP contribution in [0.25, 0.3) is 11.0 Å². The summed E-state index contributed by atoms with van der Waals surface area (Å²) in [6, 6.07) is 16.6. The van der Waals surface area contributed by atoms with E-state index in [1.807, 2.05) is 18.2 Å². The van der Waals surface area contributed by atoms with E-state index in [9.17, 15) is 4.79 Å². The zero-order valence-electron chi connectivity index (χ0n) is 14.7. The number of hydrogen-bond acceptors (Lipinski definition) is 3. The Morgan fingerprint density at radius 1 is 1.20 bits per heavy atom. The van der Waals surface area contributed by atoms with Crippen LogP contribution in [0.3, 0.4) is 0 Å². The van der Waals surface area contributed by atoms with Crippen molar-refractivity contribution in [1.29, 1.82) is 0 Å². The first-order chi connectivity index (χ1) is 12.2. The molecule has 0 atom stereocenters. The van der Waals surface area contributed by atoms with Crippen molar-refractivity contribution in [2.75, 3.05) is 20.3 Å². The summed E-state index contributed by atoms with van der Waals surface area (Å²) in [5, 5.41) is 2.86. The quantitative estimate of drug-likeness (QED) is 0.721. The first kappa shape index (κ1) is 17.2. The lowest BCUT2D eigenvalue weighted by atomic mass is 10.1. The lowest BCUT2D eigenvalue weighted by Gasteiger charge is -2.11. The van der Waals surface area contributed by atoms with Crippen LogP contribution in [-0.4, -0.2) is 35.7 Å². The number of nitrogens with zero attached hydrogens (tertiary/aromatic N) is 2. The maximum absolute atomic E-state index is 11.6. The number of ether oxygens (including phenoxy) is 1. The SMILES string of the molecule is COCC(=O)NCCc1nc2ccccc2n1Cc1cccc(C)c1. The summed E-state index contributed by atoms with van der Waals surface area (Å²) in [4.78, 5) is 16.3. The number of imidazole rings is 1. The second-order valence-electron chi connectivity index (χ2n) is 6.12. The fourth-order valence-electron chi connectivity index (χ4n) is 2.98. The fourth-order valence-corrected chi connectivity index (χ4v) is 2.98. The Kier molecular flexibility index (Phi) is 5.46. The Hall–Kier alpha value is -2.66. The first-order valence-electron chi connectivity index (χ1n) is 8.42. The molecule has 0 saturated carbocycles. The Morgan fingerprint density at radius 3 is 2.84 bits per heavy atom. The summed E-state index contributed by atoms with van der Waals surface area (Å²) < 4.78 is 7.06. The number of para-hydroxylation sites is 2. The zero-order chi connectivity index (χ0) is 17.6. The summed E-state index contributed by atoms with van der Waals surface area (Å²) in [7, 11) is 1.51. The highest BCUT2D eigenvalue weighted by molar-refractivity contribution is 5.77. The molecule has 1 amide bonds. The van der Waals surface area contributed by atoms with E-state index in [1.54, 1.807) is 0 Å². The molecule has 2 aromatic carbocycles. The van der Waals surface area contributed by atoms with Crippen LogP contribution in [0.1, 0.15) is 17.0 Å². The Bertz CT molecular complexity index is 870. The maximum atomic E-state index is 11.6. The molecule has 0 unspecified atom stereocenters. The van der Waals surface area contributed by atoms with E-state index in [1.165, 1.54) is 18.2 Å². The van der Waals surface area contributed by atoms with E-state index in [-0.39, 0.29) is 12.5 Å². The number of methoxy groups -OCH3 is 1. The Labute approximate surface area is 147 Å². The predicted octanol–water partition coefficient (Wildman–Crippen LogP) is 2.70. The van der Waals surface area contributed by atoms with Crippen LogP contribution < -0.4 is 5.32 Å². The minimum absolute atomic E-state index is 0.0830. The highest BCUT2D eigenvalue weighted by Gasteiger charge is 2.11. The van der Waals surface area contributed by atoms with Crippen LogP contribution in [-0.2, 0) is 22.5 Å². The van der Waals surface area contributed by atoms with Crippen LogP contribution in [0.15, 0.2) is 48.5 Å². The average Bonchev–Trinajstić information content (AvgIpc) is 2.93. The van der Waals surface area contributed by atoms with Crippen LogP contribution in [0.5, 0.6) is 0 Å². The summed E-state index contributed by atoms with van der Waals surface area (Å²) in [6.07, 6.45) is 0.677. The number of amides is 1. The van der Waals surface area contributed by atoms with Gasteiger partial charge >= 0.3 is 0 Å². The Balaban J connectivity index is 1.83. The van der Waals surface area contributed by atoms with Gasteiger partial charge in [-0.25, -0.2) is 4.98 Å². The molecule has 0 radical (unpaired) electrons. The van der Waals surface area contributed by atoms with Crippen LogP contribution in [0, 0.1) is 6.92 Å². The van der Waals surface area contributed by atoms with E-state index in [2.05, 4.69) is 47.1 Å². The lowest BCUT2D eigenvalue weighted by molar-refractivity contribution is -0.124. The number of aryl methyl sites for hydroxylation is 1. The molecular weight excluding hydrogens is 314 g/mol. The van der Waals surface area contributed by atoms with Crippen molar-refractivity contribution >= 4 is 16.9 Å². The molecule has 1 aromatic heterocycles. The third-order valence-corrected chi connectivity index (χ3v) is 4.10. The monoisotopic (exact) mass is 337 g/mol. The van der Waals surface area contributed by atoms with Gasteiger partial charge in [0, 0.05) is 26.6 Å². The number of aromatic nitrogens is 2. The van der Waals surface area contributed by atoms with E-state index in [0.717, 1.165) is 23.4 Å². The highest BCUT2D eigenvalue weighted by atomic mass is 16.5. The van der Waals surface area contributed by atoms with Gasteiger partial charge in [-0.2, -0.15) is 0 Å². The van der Waals surface area contributed by atoms with Crippen molar-refractivity contribution in [3.8, 4) is 0 Å². The molecule has 25 heavy (non-hydrogen) atoms. The third kappa shape index (κ3) is 4.25. The molecule has 0 saturated heterocycles. The average molecular weight is 337 g/mol. The van der Waals surface area contributed by atoms with Gasteiger partial charge in [-0.15, -0.1) is 0 Å². The fraction of sp³-hybridized carbons (Fsp3) is 0.300. The van der Waals surface area contributed by atoms with E-state index >= 15 is 0 Å². The maximum Gasteiger partial charge on any atom is 0.245 e. The number of fused-ring (bicyclic) bond motifs is 1. The van der Waals surface area contributed by atoms with Gasteiger partial charge in [-0.1, -0.05) is 42.0 Å². The number of nitrogens with one attached hydrogen (secondary N) is 1.